The van der Waals surface area contributed by atoms with E-state index in [1.54, 1.807) is 24.1 Å². The molecule has 2 heterocycles. The van der Waals surface area contributed by atoms with Gasteiger partial charge >= 0.3 is 6.18 Å². The van der Waals surface area contributed by atoms with Gasteiger partial charge in [-0.2, -0.15) is 23.5 Å². The first-order valence-electron chi connectivity index (χ1n) is 10.1. The Labute approximate surface area is 182 Å². The van der Waals surface area contributed by atoms with Crippen molar-refractivity contribution in [2.24, 2.45) is 7.05 Å². The van der Waals surface area contributed by atoms with Gasteiger partial charge in [0, 0.05) is 44.6 Å². The number of aryl methyl sites for hydroxylation is 1. The number of carbonyl (C=O) groups excluding carboxylic acids is 2. The molecule has 1 saturated carbocycles. The largest absolute Gasteiger partial charge is 0.417 e. The average molecular weight is 446 g/mol. The van der Waals surface area contributed by atoms with Crippen LogP contribution in [0.3, 0.4) is 0 Å². The van der Waals surface area contributed by atoms with Crippen molar-refractivity contribution < 1.29 is 22.8 Å². The molecule has 1 aromatic carbocycles. The number of carbonyl (C=O) groups is 2. The Balaban J connectivity index is 1.62. The number of anilines is 1. The number of nitriles is 1. The van der Waals surface area contributed by atoms with Crippen LogP contribution in [0.15, 0.2) is 30.5 Å². The fourth-order valence-corrected chi connectivity index (χ4v) is 3.80. The van der Waals surface area contributed by atoms with E-state index in [9.17, 15) is 22.8 Å². The molecule has 1 saturated heterocycles. The summed E-state index contributed by atoms with van der Waals surface area (Å²) in [7, 11) is 1.62. The first-order chi connectivity index (χ1) is 15.2. The van der Waals surface area contributed by atoms with E-state index < -0.39 is 23.3 Å². The van der Waals surface area contributed by atoms with Crippen LogP contribution in [-0.4, -0.2) is 58.2 Å². The standard InChI is InChI=1S/C21H21F3N6O2/c1-28-17(6-7-26-28)20(32)30-9-8-29(12-18(30)19(31)27-14-3-4-14)15-5-2-13(11-25)16(10-15)21(22,23)24/h2,5-7,10,14,18H,3-4,8-9,12H2,1H3,(H,27,31). The highest BCUT2D eigenvalue weighted by Gasteiger charge is 2.39. The Kier molecular flexibility index (Phi) is 5.54. The van der Waals surface area contributed by atoms with Crippen LogP contribution in [0, 0.1) is 11.3 Å². The molecule has 2 fully saturated rings. The van der Waals surface area contributed by atoms with Crippen LogP contribution in [0.5, 0.6) is 0 Å². The fraction of sp³-hybridized carbons (Fsp3) is 0.429. The Hall–Kier alpha value is -3.55. The lowest BCUT2D eigenvalue weighted by atomic mass is 10.0. The van der Waals surface area contributed by atoms with Gasteiger partial charge in [0.2, 0.25) is 5.91 Å². The van der Waals surface area contributed by atoms with E-state index in [0.717, 1.165) is 25.0 Å². The summed E-state index contributed by atoms with van der Waals surface area (Å²) in [5.41, 5.74) is -0.923. The monoisotopic (exact) mass is 446 g/mol. The molecule has 1 N–H and O–H groups in total. The molecule has 1 aliphatic carbocycles. The van der Waals surface area contributed by atoms with Crippen LogP contribution in [-0.2, 0) is 18.0 Å². The molecule has 1 unspecified atom stereocenters. The van der Waals surface area contributed by atoms with E-state index >= 15 is 0 Å². The van der Waals surface area contributed by atoms with Gasteiger partial charge in [0.1, 0.15) is 11.7 Å². The van der Waals surface area contributed by atoms with Gasteiger partial charge in [-0.15, -0.1) is 0 Å². The number of halogens is 3. The summed E-state index contributed by atoms with van der Waals surface area (Å²) in [6.45, 7) is 0.416. The van der Waals surface area contributed by atoms with Crippen LogP contribution in [0.25, 0.3) is 0 Å². The van der Waals surface area contributed by atoms with Crippen molar-refractivity contribution in [2.45, 2.75) is 31.1 Å². The highest BCUT2D eigenvalue weighted by molar-refractivity contribution is 5.97. The van der Waals surface area contributed by atoms with Crippen LogP contribution in [0.4, 0.5) is 18.9 Å². The molecule has 32 heavy (non-hydrogen) atoms. The zero-order valence-electron chi connectivity index (χ0n) is 17.3. The molecular formula is C21H21F3N6O2. The molecule has 2 aromatic rings. The van der Waals surface area contributed by atoms with Gasteiger partial charge < -0.3 is 15.1 Å². The third-order valence-corrected chi connectivity index (χ3v) is 5.70. The number of benzene rings is 1. The number of nitrogens with zero attached hydrogens (tertiary/aromatic N) is 5. The molecule has 4 rings (SSSR count). The quantitative estimate of drug-likeness (QED) is 0.775. The van der Waals surface area contributed by atoms with E-state index in [-0.39, 0.29) is 43.2 Å². The van der Waals surface area contributed by atoms with Crippen molar-refractivity contribution in [3.05, 3.63) is 47.3 Å². The van der Waals surface area contributed by atoms with E-state index in [2.05, 4.69) is 10.4 Å². The van der Waals surface area contributed by atoms with Gasteiger partial charge in [0.25, 0.3) is 5.91 Å². The summed E-state index contributed by atoms with van der Waals surface area (Å²) in [6.07, 6.45) is -1.47. The molecule has 0 radical (unpaired) electrons. The normalized spacial score (nSPS) is 18.9. The molecule has 1 atom stereocenters. The maximum absolute atomic E-state index is 13.4. The SMILES string of the molecule is Cn1nccc1C(=O)N1CCN(c2ccc(C#N)c(C(F)(F)F)c2)CC1C(=O)NC1CC1. The average Bonchev–Trinajstić information content (AvgIpc) is 3.48. The van der Waals surface area contributed by atoms with Crippen molar-refractivity contribution in [3.63, 3.8) is 0 Å². The highest BCUT2D eigenvalue weighted by Crippen LogP contribution is 2.35. The lowest BCUT2D eigenvalue weighted by molar-refractivity contribution is -0.137. The molecule has 1 aliphatic heterocycles. The molecular weight excluding hydrogens is 425 g/mol. The Morgan fingerprint density at radius 2 is 1.97 bits per heavy atom. The van der Waals surface area contributed by atoms with Gasteiger partial charge in [0.05, 0.1) is 17.2 Å². The van der Waals surface area contributed by atoms with Gasteiger partial charge in [-0.05, 0) is 37.1 Å². The molecule has 11 heteroatoms. The van der Waals surface area contributed by atoms with Crippen molar-refractivity contribution in [1.82, 2.24) is 20.0 Å². The smallest absolute Gasteiger partial charge is 0.367 e. The molecule has 0 bridgehead atoms. The van der Waals surface area contributed by atoms with Crippen molar-refractivity contribution in [2.75, 3.05) is 24.5 Å². The summed E-state index contributed by atoms with van der Waals surface area (Å²) in [4.78, 5) is 29.1. The van der Waals surface area contributed by atoms with Crippen molar-refractivity contribution in [1.29, 1.82) is 5.26 Å². The second-order valence-corrected chi connectivity index (χ2v) is 7.92. The minimum Gasteiger partial charge on any atom is -0.367 e. The predicted octanol–water partition coefficient (Wildman–Crippen LogP) is 1.92. The highest BCUT2D eigenvalue weighted by atomic mass is 19.4. The van der Waals surface area contributed by atoms with Gasteiger partial charge in [-0.3, -0.25) is 14.3 Å². The van der Waals surface area contributed by atoms with Crippen LogP contribution < -0.4 is 10.2 Å². The zero-order chi connectivity index (χ0) is 23.0. The summed E-state index contributed by atoms with van der Waals surface area (Å²) in [5, 5.41) is 15.9. The van der Waals surface area contributed by atoms with Gasteiger partial charge in [0.15, 0.2) is 0 Å². The predicted molar refractivity (Wildman–Crippen MR) is 108 cm³/mol. The Morgan fingerprint density at radius 3 is 2.56 bits per heavy atom. The molecule has 168 valence electrons. The maximum atomic E-state index is 13.4. The molecule has 0 spiro atoms. The summed E-state index contributed by atoms with van der Waals surface area (Å²) < 4.78 is 41.6. The zero-order valence-corrected chi connectivity index (χ0v) is 17.3. The molecule has 2 aliphatic rings. The van der Waals surface area contributed by atoms with E-state index in [0.29, 0.717) is 5.69 Å². The molecule has 8 nitrogen and oxygen atoms in total. The third-order valence-electron chi connectivity index (χ3n) is 5.70. The summed E-state index contributed by atoms with van der Waals surface area (Å²) in [5.74, 6) is -0.700. The van der Waals surface area contributed by atoms with E-state index in [1.807, 2.05) is 0 Å². The number of amides is 2. The van der Waals surface area contributed by atoms with Crippen LogP contribution in [0.2, 0.25) is 0 Å². The summed E-state index contributed by atoms with van der Waals surface area (Å²) in [6, 6.07) is 5.80. The second-order valence-electron chi connectivity index (χ2n) is 7.92. The summed E-state index contributed by atoms with van der Waals surface area (Å²) >= 11 is 0. The number of alkyl halides is 3. The molecule has 1 aromatic heterocycles. The number of nitrogens with one attached hydrogen (secondary N) is 1. The number of rotatable bonds is 4. The Morgan fingerprint density at radius 1 is 1.22 bits per heavy atom. The Bertz CT molecular complexity index is 1090. The topological polar surface area (TPSA) is 94.3 Å². The van der Waals surface area contributed by atoms with Crippen molar-refractivity contribution in [3.8, 4) is 6.07 Å². The second kappa shape index (κ2) is 8.18. The van der Waals surface area contributed by atoms with Crippen LogP contribution in [0.1, 0.15) is 34.5 Å². The number of piperazine rings is 1. The third kappa shape index (κ3) is 4.26. The van der Waals surface area contributed by atoms with Gasteiger partial charge in [-0.1, -0.05) is 0 Å². The minimum atomic E-state index is -4.68. The number of hydrogen-bond donors (Lipinski definition) is 1. The lowest BCUT2D eigenvalue weighted by Gasteiger charge is -2.41. The van der Waals surface area contributed by atoms with Crippen LogP contribution >= 0.6 is 0 Å². The van der Waals surface area contributed by atoms with Crippen molar-refractivity contribution >= 4 is 17.5 Å². The minimum absolute atomic E-state index is 0.0331. The maximum Gasteiger partial charge on any atom is 0.417 e. The van der Waals surface area contributed by atoms with E-state index in [1.165, 1.54) is 21.8 Å². The first-order valence-corrected chi connectivity index (χ1v) is 10.1. The van der Waals surface area contributed by atoms with Gasteiger partial charge in [-0.25, -0.2) is 0 Å². The number of aromatic nitrogens is 2. The first kappa shape index (κ1) is 21.7. The fourth-order valence-electron chi connectivity index (χ4n) is 3.80. The molecule has 2 amide bonds. The number of hydrogen-bond acceptors (Lipinski definition) is 5. The van der Waals surface area contributed by atoms with E-state index in [4.69, 9.17) is 5.26 Å². The lowest BCUT2D eigenvalue weighted by Crippen LogP contribution is -2.61.